The van der Waals surface area contributed by atoms with Crippen molar-refractivity contribution in [3.05, 3.63) is 11.3 Å². The molecular weight excluding hydrogens is 176 g/mol. The Balaban J connectivity index is 0. The first kappa shape index (κ1) is 13.9. The number of nitrogens with two attached hydrogens (primary N) is 1. The van der Waals surface area contributed by atoms with Crippen LogP contribution in [0.2, 0.25) is 0 Å². The van der Waals surface area contributed by atoms with Gasteiger partial charge in [0.15, 0.2) is 0 Å². The standard InChI is InChI=1S/C8H16N2O.ClH/c1-4-5-6(2)7(9)8(11)10-3;/h4-5,9H2,1-3H3,(H,10,11);1H. The van der Waals surface area contributed by atoms with Crippen molar-refractivity contribution in [1.29, 1.82) is 0 Å². The van der Waals surface area contributed by atoms with Crippen LogP contribution in [0.4, 0.5) is 0 Å². The highest BCUT2D eigenvalue weighted by atomic mass is 35.5. The van der Waals surface area contributed by atoms with Crippen LogP contribution in [0.5, 0.6) is 0 Å². The van der Waals surface area contributed by atoms with Gasteiger partial charge in [-0.05, 0) is 18.9 Å². The van der Waals surface area contributed by atoms with Gasteiger partial charge in [0, 0.05) is 7.05 Å². The number of carbonyl (C=O) groups excluding carboxylic acids is 1. The van der Waals surface area contributed by atoms with Gasteiger partial charge >= 0.3 is 0 Å². The minimum absolute atomic E-state index is 0. The van der Waals surface area contributed by atoms with E-state index in [1.165, 1.54) is 0 Å². The van der Waals surface area contributed by atoms with Gasteiger partial charge < -0.3 is 11.1 Å². The van der Waals surface area contributed by atoms with E-state index in [2.05, 4.69) is 12.2 Å². The summed E-state index contributed by atoms with van der Waals surface area (Å²) in [5.41, 5.74) is 6.85. The summed E-state index contributed by atoms with van der Waals surface area (Å²) < 4.78 is 0. The maximum atomic E-state index is 10.9. The molecule has 1 amide bonds. The normalized spacial score (nSPS) is 11.2. The molecule has 3 nitrogen and oxygen atoms in total. The highest BCUT2D eigenvalue weighted by Crippen LogP contribution is 2.05. The summed E-state index contributed by atoms with van der Waals surface area (Å²) in [4.78, 5) is 10.9. The molecule has 0 radical (unpaired) electrons. The number of carbonyl (C=O) groups is 1. The van der Waals surface area contributed by atoms with Gasteiger partial charge in [0.2, 0.25) is 0 Å². The van der Waals surface area contributed by atoms with Gasteiger partial charge in [-0.1, -0.05) is 13.3 Å². The molecule has 0 aliphatic heterocycles. The van der Waals surface area contributed by atoms with Crippen LogP contribution >= 0.6 is 12.4 Å². The van der Waals surface area contributed by atoms with Gasteiger partial charge in [-0.15, -0.1) is 12.4 Å². The zero-order chi connectivity index (χ0) is 8.85. The van der Waals surface area contributed by atoms with E-state index < -0.39 is 0 Å². The summed E-state index contributed by atoms with van der Waals surface area (Å²) in [7, 11) is 1.58. The minimum atomic E-state index is -0.184. The molecule has 0 aliphatic carbocycles. The molecule has 0 spiro atoms. The van der Waals surface area contributed by atoms with Crippen LogP contribution in [-0.4, -0.2) is 13.0 Å². The van der Waals surface area contributed by atoms with Gasteiger partial charge in [0.05, 0.1) is 5.70 Å². The monoisotopic (exact) mass is 192 g/mol. The average Bonchev–Trinajstić information content (AvgIpc) is 2.02. The van der Waals surface area contributed by atoms with Crippen LogP contribution in [0.3, 0.4) is 0 Å². The van der Waals surface area contributed by atoms with Gasteiger partial charge in [0.1, 0.15) is 0 Å². The minimum Gasteiger partial charge on any atom is -0.394 e. The average molecular weight is 193 g/mol. The molecule has 0 fully saturated rings. The number of amides is 1. The molecule has 0 aromatic heterocycles. The Morgan fingerprint density at radius 3 is 2.33 bits per heavy atom. The first-order chi connectivity index (χ1) is 5.13. The van der Waals surface area contributed by atoms with Gasteiger partial charge in [-0.3, -0.25) is 4.79 Å². The smallest absolute Gasteiger partial charge is 0.266 e. The quantitative estimate of drug-likeness (QED) is 0.660. The summed E-state index contributed by atoms with van der Waals surface area (Å²) in [6, 6.07) is 0. The van der Waals surface area contributed by atoms with E-state index in [0.717, 1.165) is 18.4 Å². The zero-order valence-electron chi connectivity index (χ0n) is 7.81. The number of halogens is 1. The van der Waals surface area contributed by atoms with Crippen LogP contribution < -0.4 is 11.1 Å². The molecule has 4 heteroatoms. The predicted molar refractivity (Wildman–Crippen MR) is 53.1 cm³/mol. The van der Waals surface area contributed by atoms with E-state index in [1.807, 2.05) is 6.92 Å². The Bertz CT molecular complexity index is 178. The molecule has 0 saturated heterocycles. The fourth-order valence-corrected chi connectivity index (χ4v) is 0.838. The maximum Gasteiger partial charge on any atom is 0.266 e. The summed E-state index contributed by atoms with van der Waals surface area (Å²) in [6.07, 6.45) is 1.91. The lowest BCUT2D eigenvalue weighted by molar-refractivity contribution is -0.117. The van der Waals surface area contributed by atoms with Crippen LogP contribution in [0, 0.1) is 0 Å². The molecule has 0 bridgehead atoms. The number of likely N-dealkylation sites (N-methyl/N-ethyl adjacent to an activating group) is 1. The lowest BCUT2D eigenvalue weighted by atomic mass is 10.1. The molecule has 0 unspecified atom stereocenters. The number of nitrogens with one attached hydrogen (secondary N) is 1. The molecule has 12 heavy (non-hydrogen) atoms. The number of rotatable bonds is 3. The Kier molecular flexibility index (Phi) is 8.06. The molecule has 0 saturated carbocycles. The van der Waals surface area contributed by atoms with E-state index in [1.54, 1.807) is 7.05 Å². The summed E-state index contributed by atoms with van der Waals surface area (Å²) >= 11 is 0. The van der Waals surface area contributed by atoms with E-state index in [0.29, 0.717) is 5.70 Å². The molecule has 3 N–H and O–H groups in total. The summed E-state index contributed by atoms with van der Waals surface area (Å²) in [5.74, 6) is -0.184. The van der Waals surface area contributed by atoms with Crippen molar-refractivity contribution in [3.8, 4) is 0 Å². The second kappa shape index (κ2) is 6.98. The van der Waals surface area contributed by atoms with Crippen LogP contribution in [0.25, 0.3) is 0 Å². The largest absolute Gasteiger partial charge is 0.394 e. The van der Waals surface area contributed by atoms with Crippen LogP contribution in [-0.2, 0) is 4.79 Å². The fraction of sp³-hybridized carbons (Fsp3) is 0.625. The van der Waals surface area contributed by atoms with Gasteiger partial charge in [0.25, 0.3) is 5.91 Å². The maximum absolute atomic E-state index is 10.9. The molecule has 0 rings (SSSR count). The predicted octanol–water partition coefficient (Wildman–Crippen LogP) is 1.19. The molecule has 0 atom stereocenters. The number of hydrogen-bond acceptors (Lipinski definition) is 2. The lowest BCUT2D eigenvalue weighted by Crippen LogP contribution is -2.25. The van der Waals surface area contributed by atoms with E-state index in [4.69, 9.17) is 5.73 Å². The second-order valence-corrected chi connectivity index (χ2v) is 2.52. The van der Waals surface area contributed by atoms with Crippen LogP contribution in [0.15, 0.2) is 11.3 Å². The molecule has 72 valence electrons. The van der Waals surface area contributed by atoms with Crippen LogP contribution in [0.1, 0.15) is 26.7 Å². The topological polar surface area (TPSA) is 55.1 Å². The Morgan fingerprint density at radius 2 is 2.00 bits per heavy atom. The third-order valence-corrected chi connectivity index (χ3v) is 1.56. The molecule has 0 aliphatic rings. The molecule has 0 heterocycles. The van der Waals surface area contributed by atoms with Crippen molar-refractivity contribution in [3.63, 3.8) is 0 Å². The third-order valence-electron chi connectivity index (χ3n) is 1.56. The van der Waals surface area contributed by atoms with Crippen molar-refractivity contribution < 1.29 is 4.79 Å². The fourth-order valence-electron chi connectivity index (χ4n) is 0.838. The highest BCUT2D eigenvalue weighted by molar-refractivity contribution is 5.92. The SMILES string of the molecule is CCCC(C)=C(N)C(=O)NC.Cl. The van der Waals surface area contributed by atoms with Crippen molar-refractivity contribution in [2.45, 2.75) is 26.7 Å². The van der Waals surface area contributed by atoms with Crippen molar-refractivity contribution in [2.75, 3.05) is 7.05 Å². The Hall–Kier alpha value is -0.700. The molecule has 0 aromatic rings. The van der Waals surface area contributed by atoms with Gasteiger partial charge in [-0.25, -0.2) is 0 Å². The van der Waals surface area contributed by atoms with Crippen molar-refractivity contribution >= 4 is 18.3 Å². The first-order valence-corrected chi connectivity index (χ1v) is 3.80. The third kappa shape index (κ3) is 4.23. The van der Waals surface area contributed by atoms with Crippen molar-refractivity contribution in [2.24, 2.45) is 5.73 Å². The summed E-state index contributed by atoms with van der Waals surface area (Å²) in [5, 5.41) is 2.48. The molecular formula is C8H17ClN2O. The molecule has 0 aromatic carbocycles. The van der Waals surface area contributed by atoms with E-state index >= 15 is 0 Å². The Morgan fingerprint density at radius 1 is 1.50 bits per heavy atom. The van der Waals surface area contributed by atoms with E-state index in [9.17, 15) is 4.79 Å². The summed E-state index contributed by atoms with van der Waals surface area (Å²) in [6.45, 7) is 3.94. The first-order valence-electron chi connectivity index (χ1n) is 3.80. The number of hydrogen-bond donors (Lipinski definition) is 2. The second-order valence-electron chi connectivity index (χ2n) is 2.52. The highest BCUT2D eigenvalue weighted by Gasteiger charge is 2.04. The zero-order valence-corrected chi connectivity index (χ0v) is 8.62. The van der Waals surface area contributed by atoms with E-state index in [-0.39, 0.29) is 18.3 Å². The van der Waals surface area contributed by atoms with Crippen molar-refractivity contribution in [1.82, 2.24) is 5.32 Å². The number of allylic oxidation sites excluding steroid dienone is 1. The Labute approximate surface area is 79.8 Å². The van der Waals surface area contributed by atoms with Gasteiger partial charge in [-0.2, -0.15) is 0 Å². The lowest BCUT2D eigenvalue weighted by Gasteiger charge is -2.04.